The molecule has 5 heteroatoms. The highest BCUT2D eigenvalue weighted by molar-refractivity contribution is 9.10. The van der Waals surface area contributed by atoms with Crippen LogP contribution in [0.5, 0.6) is 0 Å². The van der Waals surface area contributed by atoms with E-state index in [0.29, 0.717) is 0 Å². The Morgan fingerprint density at radius 2 is 1.95 bits per heavy atom. The molecule has 3 nitrogen and oxygen atoms in total. The van der Waals surface area contributed by atoms with Crippen LogP contribution in [0.4, 0.5) is 5.82 Å². The summed E-state index contributed by atoms with van der Waals surface area (Å²) in [6.07, 6.45) is 0. The van der Waals surface area contributed by atoms with Crippen LogP contribution in [-0.2, 0) is 6.54 Å². The van der Waals surface area contributed by atoms with Crippen molar-refractivity contribution in [3.05, 3.63) is 50.8 Å². The normalized spacial score (nSPS) is 10.8. The molecule has 0 bridgehead atoms. The van der Waals surface area contributed by atoms with E-state index in [9.17, 15) is 0 Å². The summed E-state index contributed by atoms with van der Waals surface area (Å²) in [5.41, 5.74) is 2.78. The Morgan fingerprint density at radius 3 is 2.63 bits per heavy atom. The Labute approximate surface area is 123 Å². The standard InChI is InChI=1S/C14H12BrN3S/c1-9-14(16-7-11-6-10(15)8-19-11)18-13-5-3-2-4-12(13)17-9/h2-6,8H,7H2,1H3,(H,16,18). The highest BCUT2D eigenvalue weighted by atomic mass is 79.9. The molecule has 0 saturated heterocycles. The average molecular weight is 334 g/mol. The molecule has 2 aromatic heterocycles. The number of para-hydroxylation sites is 2. The minimum absolute atomic E-state index is 0.768. The van der Waals surface area contributed by atoms with Gasteiger partial charge in [0.2, 0.25) is 0 Å². The molecule has 0 spiro atoms. The number of aromatic nitrogens is 2. The molecule has 3 aromatic rings. The number of rotatable bonds is 3. The lowest BCUT2D eigenvalue weighted by molar-refractivity contribution is 1.10. The summed E-state index contributed by atoms with van der Waals surface area (Å²) >= 11 is 5.18. The van der Waals surface area contributed by atoms with Crippen molar-refractivity contribution in [1.82, 2.24) is 9.97 Å². The van der Waals surface area contributed by atoms with E-state index < -0.39 is 0 Å². The van der Waals surface area contributed by atoms with Gasteiger partial charge in [-0.3, -0.25) is 0 Å². The number of benzene rings is 1. The lowest BCUT2D eigenvalue weighted by Gasteiger charge is -2.08. The van der Waals surface area contributed by atoms with E-state index in [1.54, 1.807) is 11.3 Å². The zero-order chi connectivity index (χ0) is 13.2. The van der Waals surface area contributed by atoms with E-state index in [1.807, 2.05) is 31.2 Å². The smallest absolute Gasteiger partial charge is 0.148 e. The summed E-state index contributed by atoms with van der Waals surface area (Å²) < 4.78 is 1.12. The second kappa shape index (κ2) is 5.27. The van der Waals surface area contributed by atoms with Crippen LogP contribution in [0.3, 0.4) is 0 Å². The number of nitrogens with zero attached hydrogens (tertiary/aromatic N) is 2. The van der Waals surface area contributed by atoms with Gasteiger partial charge in [-0.15, -0.1) is 11.3 Å². The summed E-state index contributed by atoms with van der Waals surface area (Å²) in [6.45, 7) is 2.75. The van der Waals surface area contributed by atoms with Crippen LogP contribution in [-0.4, -0.2) is 9.97 Å². The van der Waals surface area contributed by atoms with E-state index in [1.165, 1.54) is 4.88 Å². The number of anilines is 1. The van der Waals surface area contributed by atoms with Crippen LogP contribution in [0.15, 0.2) is 40.2 Å². The van der Waals surface area contributed by atoms with Gasteiger partial charge in [0.25, 0.3) is 0 Å². The van der Waals surface area contributed by atoms with Gasteiger partial charge < -0.3 is 5.32 Å². The third-order valence-electron chi connectivity index (χ3n) is 2.80. The van der Waals surface area contributed by atoms with E-state index in [0.717, 1.165) is 33.6 Å². The Hall–Kier alpha value is -1.46. The van der Waals surface area contributed by atoms with Gasteiger partial charge >= 0.3 is 0 Å². The van der Waals surface area contributed by atoms with E-state index in [4.69, 9.17) is 0 Å². The first-order chi connectivity index (χ1) is 9.22. The van der Waals surface area contributed by atoms with Crippen LogP contribution < -0.4 is 5.32 Å². The minimum Gasteiger partial charge on any atom is -0.364 e. The van der Waals surface area contributed by atoms with Crippen LogP contribution >= 0.6 is 27.3 Å². The first kappa shape index (κ1) is 12.6. The predicted octanol–water partition coefficient (Wildman–Crippen LogP) is 4.37. The Bertz CT molecular complexity index is 724. The van der Waals surface area contributed by atoms with Crippen molar-refractivity contribution in [1.29, 1.82) is 0 Å². The van der Waals surface area contributed by atoms with Gasteiger partial charge in [0.05, 0.1) is 23.3 Å². The first-order valence-corrected chi connectivity index (χ1v) is 7.60. The van der Waals surface area contributed by atoms with Crippen molar-refractivity contribution in [2.45, 2.75) is 13.5 Å². The van der Waals surface area contributed by atoms with Crippen molar-refractivity contribution in [3.63, 3.8) is 0 Å². The van der Waals surface area contributed by atoms with Gasteiger partial charge in [0.15, 0.2) is 0 Å². The van der Waals surface area contributed by atoms with Crippen LogP contribution in [0.2, 0.25) is 0 Å². The highest BCUT2D eigenvalue weighted by Gasteiger charge is 2.05. The fourth-order valence-corrected chi connectivity index (χ4v) is 3.26. The van der Waals surface area contributed by atoms with E-state index in [2.05, 4.69) is 42.7 Å². The van der Waals surface area contributed by atoms with Gasteiger partial charge in [0.1, 0.15) is 5.82 Å². The van der Waals surface area contributed by atoms with E-state index in [-0.39, 0.29) is 0 Å². The summed E-state index contributed by atoms with van der Waals surface area (Å²) in [5.74, 6) is 0.850. The largest absolute Gasteiger partial charge is 0.364 e. The topological polar surface area (TPSA) is 37.8 Å². The highest BCUT2D eigenvalue weighted by Crippen LogP contribution is 2.21. The summed E-state index contributed by atoms with van der Waals surface area (Å²) in [5, 5.41) is 5.43. The molecule has 0 aliphatic carbocycles. The SMILES string of the molecule is Cc1nc2ccccc2nc1NCc1cc(Br)cs1. The van der Waals surface area contributed by atoms with Gasteiger partial charge in [0, 0.05) is 14.7 Å². The maximum Gasteiger partial charge on any atom is 0.148 e. The molecule has 0 amide bonds. The lowest BCUT2D eigenvalue weighted by atomic mass is 10.3. The van der Waals surface area contributed by atoms with Gasteiger partial charge in [-0.25, -0.2) is 9.97 Å². The summed E-state index contributed by atoms with van der Waals surface area (Å²) in [4.78, 5) is 10.4. The molecule has 1 aromatic carbocycles. The molecule has 96 valence electrons. The van der Waals surface area contributed by atoms with Crippen molar-refractivity contribution in [2.75, 3.05) is 5.32 Å². The van der Waals surface area contributed by atoms with Crippen LogP contribution in [0.25, 0.3) is 11.0 Å². The Kier molecular flexibility index (Phi) is 3.48. The van der Waals surface area contributed by atoms with Crippen LogP contribution in [0.1, 0.15) is 10.6 Å². The maximum atomic E-state index is 4.62. The molecule has 0 atom stereocenters. The zero-order valence-corrected chi connectivity index (χ0v) is 12.8. The molecule has 0 aliphatic rings. The molecule has 0 unspecified atom stereocenters. The van der Waals surface area contributed by atoms with Crippen molar-refractivity contribution in [3.8, 4) is 0 Å². The second-order valence-corrected chi connectivity index (χ2v) is 6.14. The molecule has 19 heavy (non-hydrogen) atoms. The maximum absolute atomic E-state index is 4.62. The van der Waals surface area contributed by atoms with Gasteiger partial charge in [-0.05, 0) is 41.1 Å². The van der Waals surface area contributed by atoms with Gasteiger partial charge in [-0.1, -0.05) is 12.1 Å². The molecule has 0 saturated carbocycles. The molecule has 3 rings (SSSR count). The number of hydrogen-bond donors (Lipinski definition) is 1. The molecule has 0 radical (unpaired) electrons. The average Bonchev–Trinajstić information content (AvgIpc) is 2.82. The Balaban J connectivity index is 1.86. The molecule has 0 aliphatic heterocycles. The van der Waals surface area contributed by atoms with Crippen molar-refractivity contribution < 1.29 is 0 Å². The number of aryl methyl sites for hydroxylation is 1. The second-order valence-electron chi connectivity index (χ2n) is 4.23. The summed E-state index contributed by atoms with van der Waals surface area (Å²) in [7, 11) is 0. The number of thiophene rings is 1. The fourth-order valence-electron chi connectivity index (χ4n) is 1.87. The van der Waals surface area contributed by atoms with Crippen molar-refractivity contribution in [2.24, 2.45) is 0 Å². The lowest BCUT2D eigenvalue weighted by Crippen LogP contribution is -2.03. The zero-order valence-electron chi connectivity index (χ0n) is 10.4. The molecular weight excluding hydrogens is 322 g/mol. The van der Waals surface area contributed by atoms with E-state index >= 15 is 0 Å². The molecule has 2 heterocycles. The third kappa shape index (κ3) is 2.77. The first-order valence-electron chi connectivity index (χ1n) is 5.92. The third-order valence-corrected chi connectivity index (χ3v) is 4.49. The van der Waals surface area contributed by atoms with Crippen molar-refractivity contribution >= 4 is 44.1 Å². The number of hydrogen-bond acceptors (Lipinski definition) is 4. The Morgan fingerprint density at radius 1 is 1.21 bits per heavy atom. The number of fused-ring (bicyclic) bond motifs is 1. The number of halogens is 1. The van der Waals surface area contributed by atoms with Gasteiger partial charge in [-0.2, -0.15) is 0 Å². The monoisotopic (exact) mass is 333 g/mol. The quantitative estimate of drug-likeness (QED) is 0.773. The van der Waals surface area contributed by atoms with Crippen LogP contribution in [0, 0.1) is 6.92 Å². The minimum atomic E-state index is 0.768. The molecule has 1 N–H and O–H groups in total. The summed E-state index contributed by atoms with van der Waals surface area (Å²) in [6, 6.07) is 10.0. The molecule has 0 fully saturated rings. The number of nitrogens with one attached hydrogen (secondary N) is 1. The fraction of sp³-hybridized carbons (Fsp3) is 0.143. The predicted molar refractivity (Wildman–Crippen MR) is 83.6 cm³/mol. The molecular formula is C14H12BrN3S.